The van der Waals surface area contributed by atoms with Crippen LogP contribution in [-0.2, 0) is 6.54 Å². The number of thiazole rings is 1. The maximum atomic E-state index is 2.55. The molecule has 4 aromatic rings. The number of thioether (sulfide) groups is 1. The summed E-state index contributed by atoms with van der Waals surface area (Å²) in [6, 6.07) is 28.9. The first kappa shape index (κ1) is 27.1. The lowest BCUT2D eigenvalue weighted by Crippen LogP contribution is -2.35. The number of allylic oxidation sites excluding steroid dienone is 4. The average Bonchev–Trinajstić information content (AvgIpc) is 3.51. The van der Waals surface area contributed by atoms with E-state index in [2.05, 4.69) is 120 Å². The molecule has 0 amide bonds. The molecule has 2 nitrogen and oxygen atoms in total. The Kier molecular flexibility index (Phi) is 8.55. The van der Waals surface area contributed by atoms with E-state index in [0.717, 1.165) is 25.9 Å². The standard InChI is InChI=1S/C36H39N2S2/c1-3-5-20-37-31-16-10-12-18-33(31)39-35(37)25-27-22-28(24-30(23-27)29-14-8-7-9-15-29)26-36-38(21-6-4-2)32-17-11-13-19-34(32)40-36/h7-19,22,25-26,30H,3-6,20-21,23-24H2,1-2H3/q+1. The van der Waals surface area contributed by atoms with Crippen LogP contribution in [0.25, 0.3) is 16.3 Å². The van der Waals surface area contributed by atoms with Crippen LogP contribution in [0.1, 0.15) is 68.9 Å². The van der Waals surface area contributed by atoms with Crippen molar-refractivity contribution in [2.45, 2.75) is 69.7 Å². The lowest BCUT2D eigenvalue weighted by Gasteiger charge is -2.25. The topological polar surface area (TPSA) is 7.12 Å². The van der Waals surface area contributed by atoms with Crippen LogP contribution < -0.4 is 9.47 Å². The third kappa shape index (κ3) is 5.84. The number of rotatable bonds is 9. The van der Waals surface area contributed by atoms with Gasteiger partial charge in [-0.25, -0.2) is 0 Å². The Labute approximate surface area is 247 Å². The number of anilines is 1. The smallest absolute Gasteiger partial charge is 0.263 e. The van der Waals surface area contributed by atoms with E-state index in [1.165, 1.54) is 73.2 Å². The number of aryl methyl sites for hydroxylation is 1. The minimum Gasteiger partial charge on any atom is -0.335 e. The van der Waals surface area contributed by atoms with Crippen molar-refractivity contribution in [3.8, 4) is 0 Å². The Hall–Kier alpha value is -3.08. The maximum Gasteiger partial charge on any atom is 0.263 e. The first-order valence-electron chi connectivity index (χ1n) is 14.9. The molecular formula is C36H39N2S2+. The summed E-state index contributed by atoms with van der Waals surface area (Å²) < 4.78 is 3.92. The van der Waals surface area contributed by atoms with Gasteiger partial charge < -0.3 is 4.90 Å². The number of hydrogen-bond donors (Lipinski definition) is 0. The van der Waals surface area contributed by atoms with E-state index < -0.39 is 0 Å². The van der Waals surface area contributed by atoms with Gasteiger partial charge in [0.25, 0.3) is 5.01 Å². The van der Waals surface area contributed by atoms with E-state index in [4.69, 9.17) is 0 Å². The Balaban J connectivity index is 1.40. The van der Waals surface area contributed by atoms with Crippen molar-refractivity contribution < 1.29 is 4.57 Å². The summed E-state index contributed by atoms with van der Waals surface area (Å²) in [5, 5.41) is 2.74. The number of hydrogen-bond acceptors (Lipinski definition) is 3. The second-order valence-electron chi connectivity index (χ2n) is 10.9. The van der Waals surface area contributed by atoms with Crippen molar-refractivity contribution in [1.29, 1.82) is 0 Å². The predicted octanol–water partition coefficient (Wildman–Crippen LogP) is 10.1. The molecule has 4 heteroatoms. The third-order valence-corrected chi connectivity index (χ3v) is 10.2. The SMILES string of the molecule is CCCCN1/C(=C/C2=CC(=C/c3sc4ccccc4[n+]3CCCC)/CC(c3ccccc3)C2)Sc2ccccc21. The van der Waals surface area contributed by atoms with Gasteiger partial charge in [0.15, 0.2) is 6.54 Å². The summed E-state index contributed by atoms with van der Waals surface area (Å²) in [7, 11) is 0. The van der Waals surface area contributed by atoms with Gasteiger partial charge in [-0.05, 0) is 66.2 Å². The molecule has 1 aromatic heterocycles. The second-order valence-corrected chi connectivity index (χ2v) is 13.0. The van der Waals surface area contributed by atoms with Crippen LogP contribution in [0.2, 0.25) is 0 Å². The molecule has 0 spiro atoms. The second kappa shape index (κ2) is 12.6. The summed E-state index contributed by atoms with van der Waals surface area (Å²) >= 11 is 3.86. The summed E-state index contributed by atoms with van der Waals surface area (Å²) in [5.41, 5.74) is 7.04. The number of para-hydroxylation sites is 2. The maximum absolute atomic E-state index is 2.55. The average molecular weight is 564 g/mol. The molecule has 1 aliphatic heterocycles. The van der Waals surface area contributed by atoms with Crippen molar-refractivity contribution in [3.63, 3.8) is 0 Å². The van der Waals surface area contributed by atoms with E-state index in [1.54, 1.807) is 0 Å². The van der Waals surface area contributed by atoms with E-state index in [1.807, 2.05) is 23.1 Å². The van der Waals surface area contributed by atoms with Gasteiger partial charge in [-0.1, -0.05) is 110 Å². The van der Waals surface area contributed by atoms with Crippen molar-refractivity contribution in [2.75, 3.05) is 11.4 Å². The highest BCUT2D eigenvalue weighted by Crippen LogP contribution is 2.47. The minimum absolute atomic E-state index is 0.487. The molecule has 0 radical (unpaired) electrons. The van der Waals surface area contributed by atoms with Crippen LogP contribution in [0.4, 0.5) is 5.69 Å². The fourth-order valence-corrected chi connectivity index (χ4v) is 8.22. The predicted molar refractivity (Wildman–Crippen MR) is 174 cm³/mol. The van der Waals surface area contributed by atoms with Crippen LogP contribution in [0, 0.1) is 0 Å². The molecule has 0 saturated carbocycles. The molecule has 0 bridgehead atoms. The molecule has 2 heterocycles. The quantitative estimate of drug-likeness (QED) is 0.187. The number of aromatic nitrogens is 1. The molecule has 0 saturated heterocycles. The molecule has 6 rings (SSSR count). The summed E-state index contributed by atoms with van der Waals surface area (Å²) in [6.45, 7) is 6.71. The van der Waals surface area contributed by atoms with Crippen molar-refractivity contribution in [3.05, 3.63) is 118 Å². The zero-order valence-electron chi connectivity index (χ0n) is 23.7. The van der Waals surface area contributed by atoms with E-state index in [-0.39, 0.29) is 0 Å². The van der Waals surface area contributed by atoms with Crippen LogP contribution >= 0.6 is 23.1 Å². The normalized spacial score (nSPS) is 19.0. The van der Waals surface area contributed by atoms with Gasteiger partial charge in [-0.3, -0.25) is 0 Å². The number of fused-ring (bicyclic) bond motifs is 2. The van der Waals surface area contributed by atoms with Gasteiger partial charge in [0, 0.05) is 30.0 Å². The molecule has 0 fully saturated rings. The Morgan fingerprint density at radius 1 is 0.850 bits per heavy atom. The highest BCUT2D eigenvalue weighted by molar-refractivity contribution is 8.03. The van der Waals surface area contributed by atoms with Crippen LogP contribution in [-0.4, -0.2) is 6.54 Å². The third-order valence-electron chi connectivity index (χ3n) is 7.97. The van der Waals surface area contributed by atoms with Gasteiger partial charge >= 0.3 is 0 Å². The molecule has 1 atom stereocenters. The van der Waals surface area contributed by atoms with Crippen LogP contribution in [0.3, 0.4) is 0 Å². The zero-order valence-corrected chi connectivity index (χ0v) is 25.3. The Morgan fingerprint density at radius 3 is 2.48 bits per heavy atom. The molecule has 2 aliphatic rings. The van der Waals surface area contributed by atoms with Gasteiger partial charge in [-0.2, -0.15) is 4.57 Å². The molecule has 1 unspecified atom stereocenters. The van der Waals surface area contributed by atoms with Gasteiger partial charge in [0.1, 0.15) is 4.70 Å². The van der Waals surface area contributed by atoms with E-state index in [9.17, 15) is 0 Å². The van der Waals surface area contributed by atoms with E-state index in [0.29, 0.717) is 5.92 Å². The largest absolute Gasteiger partial charge is 0.335 e. The Bertz CT molecular complexity index is 1560. The Morgan fingerprint density at radius 2 is 1.62 bits per heavy atom. The monoisotopic (exact) mass is 563 g/mol. The molecule has 1 aliphatic carbocycles. The summed E-state index contributed by atoms with van der Waals surface area (Å²) in [5.74, 6) is 0.487. The fraction of sp³-hybridized carbons (Fsp3) is 0.306. The molecular weight excluding hydrogens is 525 g/mol. The highest BCUT2D eigenvalue weighted by Gasteiger charge is 2.27. The number of benzene rings is 3. The number of nitrogens with zero attached hydrogens (tertiary/aromatic N) is 2. The van der Waals surface area contributed by atoms with Gasteiger partial charge in [0.2, 0.25) is 5.52 Å². The minimum atomic E-state index is 0.487. The molecule has 0 N–H and O–H groups in total. The molecule has 204 valence electrons. The molecule has 40 heavy (non-hydrogen) atoms. The summed E-state index contributed by atoms with van der Waals surface area (Å²) in [6.07, 6.45) is 14.4. The van der Waals surface area contributed by atoms with E-state index >= 15 is 0 Å². The van der Waals surface area contributed by atoms with Gasteiger partial charge in [0.05, 0.1) is 10.7 Å². The van der Waals surface area contributed by atoms with Crippen LogP contribution in [0.5, 0.6) is 0 Å². The van der Waals surface area contributed by atoms with Crippen molar-refractivity contribution >= 4 is 45.1 Å². The lowest BCUT2D eigenvalue weighted by molar-refractivity contribution is -0.669. The van der Waals surface area contributed by atoms with Crippen LogP contribution in [0.15, 0.2) is 112 Å². The zero-order chi connectivity index (χ0) is 27.3. The summed E-state index contributed by atoms with van der Waals surface area (Å²) in [4.78, 5) is 3.92. The highest BCUT2D eigenvalue weighted by atomic mass is 32.2. The fourth-order valence-electron chi connectivity index (χ4n) is 5.89. The van der Waals surface area contributed by atoms with Crippen molar-refractivity contribution in [1.82, 2.24) is 0 Å². The number of unbranched alkanes of at least 4 members (excludes halogenated alkanes) is 2. The van der Waals surface area contributed by atoms with Gasteiger partial charge in [-0.15, -0.1) is 0 Å². The first-order chi connectivity index (χ1) is 19.7. The lowest BCUT2D eigenvalue weighted by atomic mass is 9.81. The molecule has 3 aromatic carbocycles. The first-order valence-corrected chi connectivity index (χ1v) is 16.5. The van der Waals surface area contributed by atoms with Crippen molar-refractivity contribution in [2.24, 2.45) is 0 Å².